The van der Waals surface area contributed by atoms with E-state index in [-0.39, 0.29) is 35.5 Å². The zero-order valence-electron chi connectivity index (χ0n) is 6.63. The van der Waals surface area contributed by atoms with Gasteiger partial charge in [-0.1, -0.05) is 0 Å². The molecule has 1 aromatic rings. The quantitative estimate of drug-likeness (QED) is 0.213. The average Bonchev–Trinajstić information content (AvgIpc) is 1.88. The molecular weight excluding hydrogens is 151 g/mol. The van der Waals surface area contributed by atoms with Crippen LogP contribution in [-0.2, 0) is 4.79 Å². The number of benzene rings is 1. The van der Waals surface area contributed by atoms with Crippen molar-refractivity contribution in [1.29, 1.82) is 0 Å². The van der Waals surface area contributed by atoms with E-state index in [0.717, 1.165) is 0 Å². The fourth-order valence-corrected chi connectivity index (χ4v) is 0.595. The Morgan fingerprint density at radius 1 is 1.55 bits per heavy atom. The SMILES string of the molecule is CC(=O)Oc1[c-]cccc1.[Na+]. The molecule has 0 bridgehead atoms. The van der Waals surface area contributed by atoms with Gasteiger partial charge in [0.05, 0.1) is 0 Å². The second kappa shape index (κ2) is 5.35. The van der Waals surface area contributed by atoms with Crippen LogP contribution in [0.3, 0.4) is 0 Å². The summed E-state index contributed by atoms with van der Waals surface area (Å²) in [7, 11) is 0. The summed E-state index contributed by atoms with van der Waals surface area (Å²) in [4.78, 5) is 10.4. The molecule has 0 heterocycles. The Labute approximate surface area is 87.8 Å². The first-order valence-corrected chi connectivity index (χ1v) is 2.94. The Bertz CT molecular complexity index is 221. The minimum atomic E-state index is -0.317. The number of rotatable bonds is 1. The van der Waals surface area contributed by atoms with Gasteiger partial charge in [0, 0.05) is 12.7 Å². The van der Waals surface area contributed by atoms with Crippen molar-refractivity contribution in [2.45, 2.75) is 6.92 Å². The van der Waals surface area contributed by atoms with Crippen molar-refractivity contribution >= 4 is 5.97 Å². The van der Waals surface area contributed by atoms with Crippen LogP contribution in [0.5, 0.6) is 5.75 Å². The molecule has 0 amide bonds. The fraction of sp³-hybridized carbons (Fsp3) is 0.125. The van der Waals surface area contributed by atoms with Gasteiger partial charge in [-0.05, 0) is 0 Å². The largest absolute Gasteiger partial charge is 1.00 e. The van der Waals surface area contributed by atoms with Crippen molar-refractivity contribution in [3.63, 3.8) is 0 Å². The van der Waals surface area contributed by atoms with Gasteiger partial charge in [-0.3, -0.25) is 4.79 Å². The predicted octanol–water partition coefficient (Wildman–Crippen LogP) is -1.58. The van der Waals surface area contributed by atoms with Crippen molar-refractivity contribution in [1.82, 2.24) is 0 Å². The molecule has 3 heteroatoms. The van der Waals surface area contributed by atoms with Crippen molar-refractivity contribution < 1.29 is 39.1 Å². The van der Waals surface area contributed by atoms with E-state index in [9.17, 15) is 4.79 Å². The molecule has 0 saturated heterocycles. The summed E-state index contributed by atoms with van der Waals surface area (Å²) in [6.45, 7) is 1.36. The summed E-state index contributed by atoms with van der Waals surface area (Å²) in [5, 5.41) is 0. The first-order chi connectivity index (χ1) is 4.79. The topological polar surface area (TPSA) is 26.3 Å². The van der Waals surface area contributed by atoms with Crippen molar-refractivity contribution in [3.8, 4) is 5.75 Å². The second-order valence-corrected chi connectivity index (χ2v) is 1.82. The van der Waals surface area contributed by atoms with Gasteiger partial charge in [0.2, 0.25) is 0 Å². The van der Waals surface area contributed by atoms with Crippen molar-refractivity contribution in [2.75, 3.05) is 0 Å². The minimum absolute atomic E-state index is 0. The maximum Gasteiger partial charge on any atom is 1.00 e. The standard InChI is InChI=1S/C8H7O2.Na/c1-7(9)10-8-5-3-2-4-6-8;/h2-5H,1H3;/q-1;+1. The fourth-order valence-electron chi connectivity index (χ4n) is 0.595. The Morgan fingerprint density at radius 3 is 2.73 bits per heavy atom. The summed E-state index contributed by atoms with van der Waals surface area (Å²) in [6, 6.07) is 9.73. The van der Waals surface area contributed by atoms with Gasteiger partial charge in [-0.25, -0.2) is 0 Å². The molecule has 0 saturated carbocycles. The molecule has 1 rings (SSSR count). The molecule has 0 aliphatic heterocycles. The van der Waals surface area contributed by atoms with Crippen LogP contribution < -0.4 is 34.3 Å². The number of hydrogen-bond acceptors (Lipinski definition) is 2. The van der Waals surface area contributed by atoms with Crippen LogP contribution >= 0.6 is 0 Å². The Hall–Kier alpha value is -0.310. The monoisotopic (exact) mass is 158 g/mol. The molecule has 11 heavy (non-hydrogen) atoms. The summed E-state index contributed by atoms with van der Waals surface area (Å²) >= 11 is 0. The van der Waals surface area contributed by atoms with Crippen molar-refractivity contribution in [3.05, 3.63) is 30.3 Å². The number of carbonyl (C=O) groups is 1. The van der Waals surface area contributed by atoms with Gasteiger partial charge in [0.15, 0.2) is 0 Å². The van der Waals surface area contributed by atoms with E-state index in [2.05, 4.69) is 6.07 Å². The molecule has 0 atom stereocenters. The van der Waals surface area contributed by atoms with Crippen molar-refractivity contribution in [2.24, 2.45) is 0 Å². The van der Waals surface area contributed by atoms with E-state index < -0.39 is 0 Å². The summed E-state index contributed by atoms with van der Waals surface area (Å²) in [5.41, 5.74) is 0. The smallest absolute Gasteiger partial charge is 0.454 e. The van der Waals surface area contributed by atoms with Crippen LogP contribution in [0.25, 0.3) is 0 Å². The zero-order valence-corrected chi connectivity index (χ0v) is 8.63. The molecule has 0 spiro atoms. The molecule has 2 nitrogen and oxygen atoms in total. The van der Waals surface area contributed by atoms with Crippen LogP contribution in [0.4, 0.5) is 0 Å². The van der Waals surface area contributed by atoms with E-state index in [1.54, 1.807) is 18.2 Å². The molecule has 0 aliphatic rings. The summed E-state index contributed by atoms with van der Waals surface area (Å²) in [5.74, 6) is 0.150. The first-order valence-electron chi connectivity index (χ1n) is 2.94. The number of esters is 1. The van der Waals surface area contributed by atoms with Crippen LogP contribution in [0, 0.1) is 6.07 Å². The second-order valence-electron chi connectivity index (χ2n) is 1.82. The van der Waals surface area contributed by atoms with E-state index in [1.165, 1.54) is 6.92 Å². The van der Waals surface area contributed by atoms with Crippen LogP contribution in [-0.4, -0.2) is 5.97 Å². The van der Waals surface area contributed by atoms with Gasteiger partial charge >= 0.3 is 35.5 Å². The Kier molecular flexibility index (Phi) is 5.20. The molecule has 1 aromatic carbocycles. The van der Waals surface area contributed by atoms with Gasteiger partial charge in [0.25, 0.3) is 0 Å². The Morgan fingerprint density at radius 2 is 2.27 bits per heavy atom. The molecule has 0 aromatic heterocycles. The Balaban J connectivity index is 0.000001000. The molecule has 0 aliphatic carbocycles. The van der Waals surface area contributed by atoms with Crippen LogP contribution in [0.2, 0.25) is 0 Å². The van der Waals surface area contributed by atoms with Gasteiger partial charge < -0.3 is 4.74 Å². The number of carbonyl (C=O) groups excluding carboxylic acids is 1. The van der Waals surface area contributed by atoms with Crippen LogP contribution in [0.1, 0.15) is 6.92 Å². The van der Waals surface area contributed by atoms with Crippen LogP contribution in [0.15, 0.2) is 24.3 Å². The van der Waals surface area contributed by atoms with Gasteiger partial charge in [-0.15, -0.1) is 12.1 Å². The summed E-state index contributed by atoms with van der Waals surface area (Å²) < 4.78 is 4.72. The maximum atomic E-state index is 10.4. The van der Waals surface area contributed by atoms with Gasteiger partial charge in [0.1, 0.15) is 0 Å². The third kappa shape index (κ3) is 4.19. The average molecular weight is 158 g/mol. The first kappa shape index (κ1) is 10.7. The predicted molar refractivity (Wildman–Crippen MR) is 36.6 cm³/mol. The molecule has 0 unspecified atom stereocenters. The maximum absolute atomic E-state index is 10.4. The number of ether oxygens (including phenoxy) is 1. The third-order valence-corrected chi connectivity index (χ3v) is 0.934. The zero-order chi connectivity index (χ0) is 7.40. The van der Waals surface area contributed by atoms with Gasteiger partial charge in [-0.2, -0.15) is 18.2 Å². The minimum Gasteiger partial charge on any atom is -0.454 e. The number of hydrogen-bond donors (Lipinski definition) is 0. The molecular formula is C8H7NaO2. The number of para-hydroxylation sites is 1. The summed E-state index contributed by atoms with van der Waals surface area (Å²) in [6.07, 6.45) is 0. The van der Waals surface area contributed by atoms with E-state index >= 15 is 0 Å². The van der Waals surface area contributed by atoms with E-state index in [4.69, 9.17) is 4.74 Å². The van der Waals surface area contributed by atoms with E-state index in [0.29, 0.717) is 5.75 Å². The third-order valence-electron chi connectivity index (χ3n) is 0.934. The van der Waals surface area contributed by atoms with E-state index in [1.807, 2.05) is 6.07 Å². The normalized spacial score (nSPS) is 8.09. The molecule has 0 fully saturated rings. The molecule has 0 radical (unpaired) electrons. The molecule has 52 valence electrons. The molecule has 0 N–H and O–H groups in total.